The third kappa shape index (κ3) is 3.18. The van der Waals surface area contributed by atoms with Gasteiger partial charge in [0.2, 0.25) is 4.77 Å². The van der Waals surface area contributed by atoms with Crippen molar-refractivity contribution in [1.82, 2.24) is 14.9 Å². The van der Waals surface area contributed by atoms with Crippen molar-refractivity contribution in [1.29, 1.82) is 0 Å². The molecule has 0 aliphatic rings. The molecule has 24 heavy (non-hydrogen) atoms. The van der Waals surface area contributed by atoms with Gasteiger partial charge in [0.25, 0.3) is 0 Å². The van der Waals surface area contributed by atoms with Gasteiger partial charge in [0.15, 0.2) is 5.82 Å². The normalized spacial score (nSPS) is 11.1. The molecular formula is C16H13FN4O2S. The van der Waals surface area contributed by atoms with Crippen LogP contribution in [0.25, 0.3) is 11.4 Å². The smallest absolute Gasteiger partial charge is 0.216 e. The Bertz CT molecular complexity index is 965. The predicted molar refractivity (Wildman–Crippen MR) is 90.5 cm³/mol. The second-order valence-corrected chi connectivity index (χ2v) is 5.23. The lowest BCUT2D eigenvalue weighted by Crippen LogP contribution is -1.96. The number of nitrogens with zero attached hydrogens (tertiary/aromatic N) is 3. The van der Waals surface area contributed by atoms with Crippen LogP contribution in [0.2, 0.25) is 0 Å². The van der Waals surface area contributed by atoms with Crippen LogP contribution >= 0.6 is 12.2 Å². The molecule has 0 saturated carbocycles. The summed E-state index contributed by atoms with van der Waals surface area (Å²) in [5, 5.41) is 20.8. The molecule has 3 rings (SSSR count). The number of phenolic OH excluding ortho intramolecular Hbond substituents is 1. The first kappa shape index (κ1) is 15.9. The van der Waals surface area contributed by atoms with E-state index in [-0.39, 0.29) is 16.3 Å². The molecule has 0 atom stereocenters. The van der Waals surface area contributed by atoms with Crippen LogP contribution in [0.15, 0.2) is 47.6 Å². The van der Waals surface area contributed by atoms with Gasteiger partial charge in [-0.25, -0.2) is 9.49 Å². The molecule has 0 fully saturated rings. The van der Waals surface area contributed by atoms with Crippen molar-refractivity contribution in [3.63, 3.8) is 0 Å². The van der Waals surface area contributed by atoms with Crippen LogP contribution in [-0.2, 0) is 0 Å². The van der Waals surface area contributed by atoms with Crippen molar-refractivity contribution < 1.29 is 14.2 Å². The Hall–Kier alpha value is -3.00. The Morgan fingerprint density at radius 1 is 1.33 bits per heavy atom. The molecule has 1 aromatic heterocycles. The van der Waals surface area contributed by atoms with Gasteiger partial charge in [-0.1, -0.05) is 12.1 Å². The molecule has 6 nitrogen and oxygen atoms in total. The van der Waals surface area contributed by atoms with Gasteiger partial charge in [0, 0.05) is 11.1 Å². The van der Waals surface area contributed by atoms with Gasteiger partial charge < -0.3 is 9.84 Å². The van der Waals surface area contributed by atoms with Gasteiger partial charge in [-0.3, -0.25) is 0 Å². The topological polar surface area (TPSA) is 75.4 Å². The minimum Gasteiger partial charge on any atom is -0.507 e. The number of nitrogens with one attached hydrogen (secondary N) is 1. The standard InChI is InChI=1S/C16H13FN4O2S/c1-23-13-5-6-14(22)11(8-13)9-18-21-15(19-20-16(21)24)10-3-2-4-12(17)7-10/h2-9,22H,1H3,(H,20,24)/b18-9+. The van der Waals surface area contributed by atoms with Crippen molar-refractivity contribution >= 4 is 18.4 Å². The van der Waals surface area contributed by atoms with Gasteiger partial charge in [-0.2, -0.15) is 14.9 Å². The quantitative estimate of drug-likeness (QED) is 0.562. The molecule has 3 aromatic rings. The highest BCUT2D eigenvalue weighted by Crippen LogP contribution is 2.22. The van der Waals surface area contributed by atoms with E-state index in [0.29, 0.717) is 22.7 Å². The number of hydrogen-bond donors (Lipinski definition) is 2. The number of benzene rings is 2. The summed E-state index contributed by atoms with van der Waals surface area (Å²) in [6.07, 6.45) is 1.42. The fraction of sp³-hybridized carbons (Fsp3) is 0.0625. The van der Waals surface area contributed by atoms with Crippen LogP contribution in [0.1, 0.15) is 5.56 Å². The summed E-state index contributed by atoms with van der Waals surface area (Å²) in [6.45, 7) is 0. The van der Waals surface area contributed by atoms with Crippen LogP contribution < -0.4 is 4.74 Å². The lowest BCUT2D eigenvalue weighted by Gasteiger charge is -2.04. The fourth-order valence-electron chi connectivity index (χ4n) is 2.10. The summed E-state index contributed by atoms with van der Waals surface area (Å²) in [6, 6.07) is 10.7. The van der Waals surface area contributed by atoms with Gasteiger partial charge in [0.1, 0.15) is 17.3 Å². The molecule has 0 unspecified atom stereocenters. The molecule has 8 heteroatoms. The fourth-order valence-corrected chi connectivity index (χ4v) is 2.28. The van der Waals surface area contributed by atoms with E-state index >= 15 is 0 Å². The molecule has 0 amide bonds. The number of phenols is 1. The summed E-state index contributed by atoms with van der Waals surface area (Å²) in [5.74, 6) is 0.595. The van der Waals surface area contributed by atoms with E-state index in [4.69, 9.17) is 17.0 Å². The van der Waals surface area contributed by atoms with E-state index in [2.05, 4.69) is 15.3 Å². The molecule has 0 radical (unpaired) electrons. The second-order valence-electron chi connectivity index (χ2n) is 4.84. The van der Waals surface area contributed by atoms with Crippen molar-refractivity contribution in [2.75, 3.05) is 7.11 Å². The molecule has 0 bridgehead atoms. The lowest BCUT2D eigenvalue weighted by atomic mass is 10.2. The first-order chi connectivity index (χ1) is 11.6. The lowest BCUT2D eigenvalue weighted by molar-refractivity contribution is 0.412. The predicted octanol–water partition coefficient (Wildman–Crippen LogP) is 3.34. The SMILES string of the molecule is COc1ccc(O)c(/C=N/n2c(-c3cccc(F)c3)n[nH]c2=S)c1. The van der Waals surface area contributed by atoms with Gasteiger partial charge >= 0.3 is 0 Å². The van der Waals surface area contributed by atoms with E-state index in [1.807, 2.05) is 0 Å². The molecular weight excluding hydrogens is 331 g/mol. The van der Waals surface area contributed by atoms with Crippen LogP contribution in [0.3, 0.4) is 0 Å². The first-order valence-corrected chi connectivity index (χ1v) is 7.34. The highest BCUT2D eigenvalue weighted by Gasteiger charge is 2.09. The Morgan fingerprint density at radius 2 is 2.17 bits per heavy atom. The minimum atomic E-state index is -0.387. The van der Waals surface area contributed by atoms with Crippen LogP contribution in [0, 0.1) is 10.6 Å². The van der Waals surface area contributed by atoms with Crippen molar-refractivity contribution in [3.05, 3.63) is 58.6 Å². The van der Waals surface area contributed by atoms with E-state index in [9.17, 15) is 9.50 Å². The average molecular weight is 344 g/mol. The largest absolute Gasteiger partial charge is 0.507 e. The number of ether oxygens (including phenoxy) is 1. The van der Waals surface area contributed by atoms with Gasteiger partial charge in [0.05, 0.1) is 13.3 Å². The summed E-state index contributed by atoms with van der Waals surface area (Å²) in [7, 11) is 1.53. The van der Waals surface area contributed by atoms with Crippen molar-refractivity contribution in [2.24, 2.45) is 5.10 Å². The number of rotatable bonds is 4. The molecule has 0 saturated heterocycles. The van der Waals surface area contributed by atoms with Gasteiger partial charge in [-0.05, 0) is 42.5 Å². The maximum absolute atomic E-state index is 13.4. The molecule has 1 heterocycles. The Balaban J connectivity index is 2.02. The molecule has 0 aliphatic carbocycles. The summed E-state index contributed by atoms with van der Waals surface area (Å²) in [5.41, 5.74) is 0.969. The number of aromatic amines is 1. The number of methoxy groups -OCH3 is 1. The minimum absolute atomic E-state index is 0.0434. The highest BCUT2D eigenvalue weighted by atomic mass is 32.1. The Labute approximate surface area is 141 Å². The first-order valence-electron chi connectivity index (χ1n) is 6.93. The number of halogens is 1. The Kier molecular flexibility index (Phi) is 4.39. The van der Waals surface area contributed by atoms with E-state index in [0.717, 1.165) is 0 Å². The monoisotopic (exact) mass is 344 g/mol. The maximum Gasteiger partial charge on any atom is 0.216 e. The van der Waals surface area contributed by atoms with E-state index in [1.54, 1.807) is 24.3 Å². The zero-order valence-electron chi connectivity index (χ0n) is 12.6. The maximum atomic E-state index is 13.4. The van der Waals surface area contributed by atoms with Crippen LogP contribution in [-0.4, -0.2) is 33.3 Å². The van der Waals surface area contributed by atoms with Crippen molar-refractivity contribution in [2.45, 2.75) is 0 Å². The molecule has 2 aromatic carbocycles. The summed E-state index contributed by atoms with van der Waals surface area (Å²) in [4.78, 5) is 0. The molecule has 0 spiro atoms. The van der Waals surface area contributed by atoms with E-state index < -0.39 is 0 Å². The van der Waals surface area contributed by atoms with Gasteiger partial charge in [-0.15, -0.1) is 0 Å². The van der Waals surface area contributed by atoms with E-state index in [1.165, 1.54) is 36.2 Å². The molecule has 122 valence electrons. The number of aromatic hydroxyl groups is 1. The second kappa shape index (κ2) is 6.63. The average Bonchev–Trinajstić information content (AvgIpc) is 2.95. The third-order valence-corrected chi connectivity index (χ3v) is 3.54. The molecule has 0 aliphatic heterocycles. The van der Waals surface area contributed by atoms with Crippen molar-refractivity contribution in [3.8, 4) is 22.9 Å². The summed E-state index contributed by atoms with van der Waals surface area (Å²) >= 11 is 5.15. The number of hydrogen-bond acceptors (Lipinski definition) is 5. The Morgan fingerprint density at radius 3 is 2.92 bits per heavy atom. The van der Waals surface area contributed by atoms with Crippen LogP contribution in [0.4, 0.5) is 4.39 Å². The number of aromatic nitrogens is 3. The third-order valence-electron chi connectivity index (χ3n) is 3.28. The zero-order chi connectivity index (χ0) is 17.1. The summed E-state index contributed by atoms with van der Waals surface area (Å²) < 4.78 is 20.1. The number of H-pyrrole nitrogens is 1. The van der Waals surface area contributed by atoms with Crippen LogP contribution in [0.5, 0.6) is 11.5 Å². The molecule has 2 N–H and O–H groups in total. The zero-order valence-corrected chi connectivity index (χ0v) is 13.4. The highest BCUT2D eigenvalue weighted by molar-refractivity contribution is 7.71.